The van der Waals surface area contributed by atoms with Gasteiger partial charge in [0.25, 0.3) is 0 Å². The van der Waals surface area contributed by atoms with E-state index < -0.39 is 0 Å². The van der Waals surface area contributed by atoms with Crippen molar-refractivity contribution in [2.45, 2.75) is 32.1 Å². The van der Waals surface area contributed by atoms with Crippen LogP contribution in [0.25, 0.3) is 0 Å². The van der Waals surface area contributed by atoms with E-state index in [-0.39, 0.29) is 11.9 Å². The summed E-state index contributed by atoms with van der Waals surface area (Å²) in [5.74, 6) is 0.757. The molecule has 1 heterocycles. The van der Waals surface area contributed by atoms with E-state index in [1.165, 1.54) is 7.11 Å². The van der Waals surface area contributed by atoms with E-state index in [4.69, 9.17) is 4.74 Å². The van der Waals surface area contributed by atoms with Gasteiger partial charge in [-0.3, -0.25) is 9.78 Å². The van der Waals surface area contributed by atoms with Crippen LogP contribution in [0.2, 0.25) is 0 Å². The molecule has 0 spiro atoms. The molecule has 0 unspecified atom stereocenters. The molecule has 3 heteroatoms. The van der Waals surface area contributed by atoms with Gasteiger partial charge in [0, 0.05) is 11.9 Å². The van der Waals surface area contributed by atoms with Crippen LogP contribution in [-0.4, -0.2) is 18.1 Å². The molecule has 0 aromatic carbocycles. The van der Waals surface area contributed by atoms with Crippen molar-refractivity contribution >= 4 is 5.97 Å². The largest absolute Gasteiger partial charge is 0.469 e. The van der Waals surface area contributed by atoms with E-state index in [9.17, 15) is 4.79 Å². The first-order valence-electron chi connectivity index (χ1n) is 6.27. The van der Waals surface area contributed by atoms with Crippen LogP contribution in [0, 0.1) is 11.8 Å². The predicted octanol–water partition coefficient (Wildman–Crippen LogP) is 2.60. The van der Waals surface area contributed by atoms with Gasteiger partial charge in [0.15, 0.2) is 0 Å². The summed E-state index contributed by atoms with van der Waals surface area (Å²) in [7, 11) is 1.47. The molecule has 0 radical (unpaired) electrons. The van der Waals surface area contributed by atoms with Crippen molar-refractivity contribution in [1.29, 1.82) is 0 Å². The summed E-state index contributed by atoms with van der Waals surface area (Å²) in [6.45, 7) is 0. The Bertz CT molecular complexity index is 356. The molecule has 17 heavy (non-hydrogen) atoms. The first-order valence-corrected chi connectivity index (χ1v) is 6.27. The Kier molecular flexibility index (Phi) is 4.13. The normalized spacial score (nSPS) is 24.3. The molecule has 0 amide bonds. The molecule has 1 aliphatic carbocycles. The van der Waals surface area contributed by atoms with Crippen LogP contribution >= 0.6 is 0 Å². The van der Waals surface area contributed by atoms with Gasteiger partial charge in [-0.15, -0.1) is 0 Å². The molecule has 1 aliphatic rings. The topological polar surface area (TPSA) is 39.2 Å². The second kappa shape index (κ2) is 5.80. The van der Waals surface area contributed by atoms with E-state index in [2.05, 4.69) is 11.1 Å². The number of nitrogens with zero attached hydrogens (tertiary/aromatic N) is 1. The molecule has 2 rings (SSSR count). The maximum Gasteiger partial charge on any atom is 0.308 e. The Morgan fingerprint density at radius 2 is 2.12 bits per heavy atom. The summed E-state index contributed by atoms with van der Waals surface area (Å²) < 4.78 is 4.79. The monoisotopic (exact) mass is 233 g/mol. The van der Waals surface area contributed by atoms with Crippen LogP contribution < -0.4 is 0 Å². The molecule has 3 nitrogen and oxygen atoms in total. The number of hydrogen-bond acceptors (Lipinski definition) is 3. The zero-order valence-corrected chi connectivity index (χ0v) is 10.3. The lowest BCUT2D eigenvalue weighted by molar-refractivity contribution is -0.146. The molecule has 0 N–H and O–H groups in total. The Morgan fingerprint density at radius 3 is 2.71 bits per heavy atom. The zero-order valence-electron chi connectivity index (χ0n) is 10.3. The SMILES string of the molecule is COC(=O)C1CCC(Cc2ccccn2)CC1. The molecule has 1 saturated carbocycles. The molecular weight excluding hydrogens is 214 g/mol. The second-order valence-electron chi connectivity index (χ2n) is 4.77. The maximum absolute atomic E-state index is 11.4. The first kappa shape index (κ1) is 12.1. The quantitative estimate of drug-likeness (QED) is 0.753. The number of carbonyl (C=O) groups excluding carboxylic acids is 1. The van der Waals surface area contributed by atoms with Crippen LogP contribution in [0.15, 0.2) is 24.4 Å². The van der Waals surface area contributed by atoms with E-state index in [1.807, 2.05) is 18.3 Å². The molecule has 0 saturated heterocycles. The summed E-state index contributed by atoms with van der Waals surface area (Å²) in [6, 6.07) is 6.05. The van der Waals surface area contributed by atoms with Crippen molar-refractivity contribution in [2.24, 2.45) is 11.8 Å². The standard InChI is InChI=1S/C14H19NO2/c1-17-14(16)12-7-5-11(6-8-12)10-13-4-2-3-9-15-13/h2-4,9,11-12H,5-8,10H2,1H3. The lowest BCUT2D eigenvalue weighted by Gasteiger charge is -2.26. The minimum absolute atomic E-state index is 0.0405. The number of rotatable bonds is 3. The van der Waals surface area contributed by atoms with E-state index in [0.29, 0.717) is 5.92 Å². The fourth-order valence-corrected chi connectivity index (χ4v) is 2.58. The van der Waals surface area contributed by atoms with Gasteiger partial charge in [-0.25, -0.2) is 0 Å². The van der Waals surface area contributed by atoms with Crippen molar-refractivity contribution in [1.82, 2.24) is 4.98 Å². The molecular formula is C14H19NO2. The second-order valence-corrected chi connectivity index (χ2v) is 4.77. The fourth-order valence-electron chi connectivity index (χ4n) is 2.58. The fraction of sp³-hybridized carbons (Fsp3) is 0.571. The van der Waals surface area contributed by atoms with Crippen LogP contribution in [0.5, 0.6) is 0 Å². The Morgan fingerprint density at radius 1 is 1.35 bits per heavy atom. The number of ether oxygens (including phenoxy) is 1. The van der Waals surface area contributed by atoms with Gasteiger partial charge in [0.1, 0.15) is 0 Å². The minimum atomic E-state index is -0.0405. The summed E-state index contributed by atoms with van der Waals surface area (Å²) in [6.07, 6.45) is 7.02. The summed E-state index contributed by atoms with van der Waals surface area (Å²) in [5.41, 5.74) is 1.16. The van der Waals surface area contributed by atoms with Gasteiger partial charge in [-0.2, -0.15) is 0 Å². The molecule has 0 atom stereocenters. The number of methoxy groups -OCH3 is 1. The third kappa shape index (κ3) is 3.29. The van der Waals surface area contributed by atoms with Gasteiger partial charge in [0.2, 0.25) is 0 Å². The predicted molar refractivity (Wildman–Crippen MR) is 65.4 cm³/mol. The zero-order chi connectivity index (χ0) is 12.1. The third-order valence-electron chi connectivity index (χ3n) is 3.61. The van der Waals surface area contributed by atoms with Gasteiger partial charge >= 0.3 is 5.97 Å². The van der Waals surface area contributed by atoms with Crippen LogP contribution in [0.4, 0.5) is 0 Å². The van der Waals surface area contributed by atoms with Gasteiger partial charge in [0.05, 0.1) is 13.0 Å². The summed E-state index contributed by atoms with van der Waals surface area (Å²) >= 11 is 0. The Hall–Kier alpha value is -1.38. The van der Waals surface area contributed by atoms with Gasteiger partial charge in [-0.05, 0) is 50.2 Å². The molecule has 92 valence electrons. The summed E-state index contributed by atoms with van der Waals surface area (Å²) in [4.78, 5) is 15.7. The smallest absolute Gasteiger partial charge is 0.308 e. The van der Waals surface area contributed by atoms with Crippen molar-refractivity contribution in [3.63, 3.8) is 0 Å². The van der Waals surface area contributed by atoms with E-state index >= 15 is 0 Å². The number of esters is 1. The number of aromatic nitrogens is 1. The maximum atomic E-state index is 11.4. The first-order chi connectivity index (χ1) is 8.29. The highest BCUT2D eigenvalue weighted by Crippen LogP contribution is 2.31. The average molecular weight is 233 g/mol. The van der Waals surface area contributed by atoms with E-state index in [0.717, 1.165) is 37.8 Å². The van der Waals surface area contributed by atoms with Crippen LogP contribution in [0.1, 0.15) is 31.4 Å². The van der Waals surface area contributed by atoms with Crippen LogP contribution in [0.3, 0.4) is 0 Å². The molecule has 1 aromatic rings. The lowest BCUT2D eigenvalue weighted by Crippen LogP contribution is -2.23. The highest BCUT2D eigenvalue weighted by Gasteiger charge is 2.26. The Labute approximate surface area is 102 Å². The van der Waals surface area contributed by atoms with Crippen LogP contribution in [-0.2, 0) is 16.0 Å². The van der Waals surface area contributed by atoms with Crippen molar-refractivity contribution < 1.29 is 9.53 Å². The van der Waals surface area contributed by atoms with E-state index in [1.54, 1.807) is 0 Å². The van der Waals surface area contributed by atoms with Gasteiger partial charge < -0.3 is 4.74 Å². The number of hydrogen-bond donors (Lipinski definition) is 0. The lowest BCUT2D eigenvalue weighted by atomic mass is 9.80. The van der Waals surface area contributed by atoms with Crippen molar-refractivity contribution in [2.75, 3.05) is 7.11 Å². The summed E-state index contributed by atoms with van der Waals surface area (Å²) in [5, 5.41) is 0. The van der Waals surface area contributed by atoms with Crippen molar-refractivity contribution in [3.8, 4) is 0 Å². The average Bonchev–Trinajstić information content (AvgIpc) is 2.40. The number of pyridine rings is 1. The van der Waals surface area contributed by atoms with Gasteiger partial charge in [-0.1, -0.05) is 6.07 Å². The third-order valence-corrected chi connectivity index (χ3v) is 3.61. The highest BCUT2D eigenvalue weighted by molar-refractivity contribution is 5.72. The molecule has 0 aliphatic heterocycles. The number of carbonyl (C=O) groups is 1. The highest BCUT2D eigenvalue weighted by atomic mass is 16.5. The Balaban J connectivity index is 1.82. The minimum Gasteiger partial charge on any atom is -0.469 e. The molecule has 1 aromatic heterocycles. The molecule has 0 bridgehead atoms. The molecule has 1 fully saturated rings. The van der Waals surface area contributed by atoms with Crippen molar-refractivity contribution in [3.05, 3.63) is 30.1 Å².